The number of carbonyl (C=O) groups is 1. The van der Waals surface area contributed by atoms with Gasteiger partial charge in [0.15, 0.2) is 5.13 Å². The molecule has 106 valence electrons. The fraction of sp³-hybridized carbons (Fsp3) is 0.714. The molecule has 0 amide bonds. The normalized spacial score (nSPS) is 21.0. The Labute approximate surface area is 118 Å². The summed E-state index contributed by atoms with van der Waals surface area (Å²) in [5.41, 5.74) is 0.450. The summed E-state index contributed by atoms with van der Waals surface area (Å²) < 4.78 is 5.10. The summed E-state index contributed by atoms with van der Waals surface area (Å²) in [6, 6.07) is 0.497. The van der Waals surface area contributed by atoms with Gasteiger partial charge in [-0.2, -0.15) is 0 Å². The highest BCUT2D eigenvalue weighted by Crippen LogP contribution is 2.47. The Bertz CT molecular complexity index is 480. The van der Waals surface area contributed by atoms with E-state index in [9.17, 15) is 4.79 Å². The zero-order chi connectivity index (χ0) is 14.3. The van der Waals surface area contributed by atoms with Gasteiger partial charge >= 0.3 is 5.97 Å². The molecule has 1 N–H and O–H groups in total. The molecule has 1 aromatic heterocycles. The zero-order valence-electron chi connectivity index (χ0n) is 12.2. The second-order valence-electron chi connectivity index (χ2n) is 6.27. The van der Waals surface area contributed by atoms with Crippen molar-refractivity contribution < 1.29 is 9.53 Å². The van der Waals surface area contributed by atoms with E-state index in [4.69, 9.17) is 4.74 Å². The van der Waals surface area contributed by atoms with Gasteiger partial charge in [-0.3, -0.25) is 4.79 Å². The molecule has 0 spiro atoms. The van der Waals surface area contributed by atoms with Crippen LogP contribution in [0, 0.1) is 5.41 Å². The van der Waals surface area contributed by atoms with Crippen LogP contribution >= 0.6 is 11.3 Å². The molecular weight excluding hydrogens is 260 g/mol. The van der Waals surface area contributed by atoms with E-state index in [1.54, 1.807) is 11.3 Å². The van der Waals surface area contributed by atoms with Gasteiger partial charge in [0.05, 0.1) is 12.3 Å². The van der Waals surface area contributed by atoms with Crippen LogP contribution in [-0.2, 0) is 14.9 Å². The third-order valence-electron chi connectivity index (χ3n) is 3.74. The summed E-state index contributed by atoms with van der Waals surface area (Å²) in [6.07, 6.45) is 1.17. The molecule has 0 aliphatic heterocycles. The maximum Gasteiger partial charge on any atom is 0.317 e. The van der Waals surface area contributed by atoms with E-state index in [0.717, 1.165) is 10.8 Å². The van der Waals surface area contributed by atoms with Gasteiger partial charge in [-0.1, -0.05) is 13.8 Å². The molecule has 1 saturated carbocycles. The van der Waals surface area contributed by atoms with E-state index >= 15 is 0 Å². The number of hydrogen-bond donors (Lipinski definition) is 1. The van der Waals surface area contributed by atoms with Crippen molar-refractivity contribution in [2.45, 2.75) is 52.5 Å². The van der Waals surface area contributed by atoms with Crippen molar-refractivity contribution in [3.63, 3.8) is 0 Å². The molecular formula is C14H22N2O2S. The molecule has 0 aromatic carbocycles. The highest BCUT2D eigenvalue weighted by Gasteiger charge is 2.46. The van der Waals surface area contributed by atoms with Crippen LogP contribution < -0.4 is 5.32 Å². The van der Waals surface area contributed by atoms with Gasteiger partial charge in [0.1, 0.15) is 5.41 Å². The lowest BCUT2D eigenvalue weighted by atomic mass is 9.90. The van der Waals surface area contributed by atoms with Gasteiger partial charge in [-0.15, -0.1) is 11.3 Å². The third kappa shape index (κ3) is 2.91. The first-order valence-corrected chi connectivity index (χ1v) is 7.55. The molecule has 4 nitrogen and oxygen atoms in total. The number of hydrogen-bond acceptors (Lipinski definition) is 5. The lowest BCUT2D eigenvalue weighted by Crippen LogP contribution is -2.31. The van der Waals surface area contributed by atoms with Gasteiger partial charge in [-0.05, 0) is 32.6 Å². The lowest BCUT2D eigenvalue weighted by Gasteiger charge is -2.19. The summed E-state index contributed by atoms with van der Waals surface area (Å²) in [7, 11) is 0. The number of esters is 1. The van der Waals surface area contributed by atoms with Crippen LogP contribution in [0.4, 0.5) is 5.13 Å². The van der Waals surface area contributed by atoms with Crippen LogP contribution in [0.2, 0.25) is 0 Å². The first kappa shape index (κ1) is 14.3. The number of carbonyl (C=O) groups excluding carboxylic acids is 1. The molecule has 1 aliphatic carbocycles. The average Bonchev–Trinajstić information content (AvgIpc) is 2.75. The number of anilines is 1. The van der Waals surface area contributed by atoms with Gasteiger partial charge in [0.25, 0.3) is 0 Å². The quantitative estimate of drug-likeness (QED) is 0.843. The fourth-order valence-electron chi connectivity index (χ4n) is 1.91. The Morgan fingerprint density at radius 2 is 2.26 bits per heavy atom. The molecule has 0 radical (unpaired) electrons. The van der Waals surface area contributed by atoms with Crippen LogP contribution in [0.1, 0.15) is 46.7 Å². The minimum Gasteiger partial charge on any atom is -0.465 e. The Kier molecular flexibility index (Phi) is 3.60. The Morgan fingerprint density at radius 3 is 2.79 bits per heavy atom. The molecule has 5 heteroatoms. The zero-order valence-corrected chi connectivity index (χ0v) is 13.1. The molecule has 1 aliphatic rings. The Balaban J connectivity index is 2.06. The van der Waals surface area contributed by atoms with E-state index in [-0.39, 0.29) is 5.97 Å². The standard InChI is InChI=1S/C14H22N2O2S/c1-6-18-11(17)14(4,5)10-8-19-12(16-10)15-9-7-13(9,2)3/h8-9H,6-7H2,1-5H3,(H,15,16). The van der Waals surface area contributed by atoms with E-state index in [1.807, 2.05) is 26.2 Å². The Morgan fingerprint density at radius 1 is 1.63 bits per heavy atom. The fourth-order valence-corrected chi connectivity index (χ4v) is 2.84. The summed E-state index contributed by atoms with van der Waals surface area (Å²) in [5.74, 6) is -0.224. The predicted octanol–water partition coefficient (Wildman–Crippen LogP) is 3.19. The Hall–Kier alpha value is -1.10. The van der Waals surface area contributed by atoms with Gasteiger partial charge < -0.3 is 10.1 Å². The molecule has 1 fully saturated rings. The van der Waals surface area contributed by atoms with E-state index in [1.165, 1.54) is 6.42 Å². The number of rotatable bonds is 5. The molecule has 0 bridgehead atoms. The molecule has 1 unspecified atom stereocenters. The van der Waals surface area contributed by atoms with E-state index in [0.29, 0.717) is 18.1 Å². The van der Waals surface area contributed by atoms with Crippen molar-refractivity contribution in [1.29, 1.82) is 0 Å². The lowest BCUT2D eigenvalue weighted by molar-refractivity contribution is -0.148. The summed E-state index contributed by atoms with van der Waals surface area (Å²) in [6.45, 7) is 10.4. The van der Waals surface area contributed by atoms with Crippen LogP contribution in [0.25, 0.3) is 0 Å². The highest BCUT2D eigenvalue weighted by molar-refractivity contribution is 7.13. The predicted molar refractivity (Wildman–Crippen MR) is 77.6 cm³/mol. The maximum absolute atomic E-state index is 11.9. The number of nitrogens with zero attached hydrogens (tertiary/aromatic N) is 1. The first-order valence-electron chi connectivity index (χ1n) is 6.67. The van der Waals surface area contributed by atoms with Crippen molar-refractivity contribution in [1.82, 2.24) is 4.98 Å². The first-order chi connectivity index (χ1) is 8.77. The van der Waals surface area contributed by atoms with E-state index < -0.39 is 5.41 Å². The van der Waals surface area contributed by atoms with E-state index in [2.05, 4.69) is 24.1 Å². The van der Waals surface area contributed by atoms with Gasteiger partial charge in [0.2, 0.25) is 0 Å². The maximum atomic E-state index is 11.9. The second-order valence-corrected chi connectivity index (χ2v) is 7.13. The average molecular weight is 282 g/mol. The molecule has 0 saturated heterocycles. The summed E-state index contributed by atoms with van der Waals surface area (Å²) in [5, 5.41) is 6.26. The molecule has 1 aromatic rings. The van der Waals surface area contributed by atoms with Gasteiger partial charge in [0, 0.05) is 11.4 Å². The highest BCUT2D eigenvalue weighted by atomic mass is 32.1. The van der Waals surface area contributed by atoms with Crippen LogP contribution in [-0.4, -0.2) is 23.6 Å². The smallest absolute Gasteiger partial charge is 0.317 e. The van der Waals surface area contributed by atoms with Crippen LogP contribution in [0.3, 0.4) is 0 Å². The minimum atomic E-state index is -0.689. The monoisotopic (exact) mass is 282 g/mol. The van der Waals surface area contributed by atoms with Crippen LogP contribution in [0.5, 0.6) is 0 Å². The number of thiazole rings is 1. The molecule has 2 rings (SSSR count). The number of aromatic nitrogens is 1. The number of ether oxygens (including phenoxy) is 1. The van der Waals surface area contributed by atoms with Crippen molar-refractivity contribution in [3.05, 3.63) is 11.1 Å². The van der Waals surface area contributed by atoms with Crippen LogP contribution in [0.15, 0.2) is 5.38 Å². The SMILES string of the molecule is CCOC(=O)C(C)(C)c1csc(NC2CC2(C)C)n1. The largest absolute Gasteiger partial charge is 0.465 e. The summed E-state index contributed by atoms with van der Waals surface area (Å²) >= 11 is 1.55. The second kappa shape index (κ2) is 4.78. The molecule has 19 heavy (non-hydrogen) atoms. The van der Waals surface area contributed by atoms with Crippen molar-refractivity contribution >= 4 is 22.4 Å². The molecule has 1 atom stereocenters. The number of nitrogens with one attached hydrogen (secondary N) is 1. The van der Waals surface area contributed by atoms with Crippen molar-refractivity contribution in [3.8, 4) is 0 Å². The topological polar surface area (TPSA) is 51.2 Å². The van der Waals surface area contributed by atoms with Crippen molar-refractivity contribution in [2.24, 2.45) is 5.41 Å². The van der Waals surface area contributed by atoms with Gasteiger partial charge in [-0.25, -0.2) is 4.98 Å². The molecule has 1 heterocycles. The van der Waals surface area contributed by atoms with Crippen molar-refractivity contribution in [2.75, 3.05) is 11.9 Å². The minimum absolute atomic E-state index is 0.224. The summed E-state index contributed by atoms with van der Waals surface area (Å²) in [4.78, 5) is 16.5. The third-order valence-corrected chi connectivity index (χ3v) is 4.51.